The summed E-state index contributed by atoms with van der Waals surface area (Å²) in [5.41, 5.74) is 9.03. The second-order valence-electron chi connectivity index (χ2n) is 3.16. The number of carbonyl (C=O) groups is 1. The highest BCUT2D eigenvalue weighted by Gasteiger charge is 2.29. The van der Waals surface area contributed by atoms with E-state index in [0.717, 1.165) is 12.1 Å². The van der Waals surface area contributed by atoms with Gasteiger partial charge in [0.25, 0.3) is 0 Å². The Morgan fingerprint density at radius 1 is 1.31 bits per heavy atom. The van der Waals surface area contributed by atoms with Crippen LogP contribution in [0.25, 0.3) is 0 Å². The van der Waals surface area contributed by atoms with E-state index in [1.165, 1.54) is 0 Å². The topological polar surface area (TPSA) is 110 Å². The molecule has 5 nitrogen and oxygen atoms in total. The van der Waals surface area contributed by atoms with Crippen molar-refractivity contribution in [2.24, 2.45) is 5.73 Å². The number of aliphatic hydroxyl groups excluding tert-OH is 2. The monoisotopic (exact) mass is 232 g/mol. The largest absolute Gasteiger partial charge is 0.398 e. The van der Waals surface area contributed by atoms with Gasteiger partial charge >= 0.3 is 0 Å². The van der Waals surface area contributed by atoms with Gasteiger partial charge in [0.1, 0.15) is 6.10 Å². The predicted molar refractivity (Wildman–Crippen MR) is 50.9 cm³/mol. The first-order valence-electron chi connectivity index (χ1n) is 4.25. The maximum atomic E-state index is 13.3. The molecule has 0 fully saturated rings. The predicted octanol–water partition coefficient (Wildman–Crippen LogP) is -0.573. The van der Waals surface area contributed by atoms with E-state index >= 15 is 0 Å². The van der Waals surface area contributed by atoms with Gasteiger partial charge in [0, 0.05) is 11.3 Å². The Morgan fingerprint density at radius 3 is 2.38 bits per heavy atom. The Morgan fingerprint density at radius 2 is 1.88 bits per heavy atom. The van der Waals surface area contributed by atoms with Gasteiger partial charge in [-0.15, -0.1) is 0 Å². The summed E-state index contributed by atoms with van der Waals surface area (Å²) in [5, 5.41) is 18.5. The van der Waals surface area contributed by atoms with Crippen LogP contribution in [0, 0.1) is 11.6 Å². The van der Waals surface area contributed by atoms with Crippen LogP contribution >= 0.6 is 0 Å². The van der Waals surface area contributed by atoms with Gasteiger partial charge in [-0.25, -0.2) is 8.78 Å². The number of nitrogens with two attached hydrogens (primary N) is 2. The van der Waals surface area contributed by atoms with E-state index in [1.54, 1.807) is 0 Å². The zero-order chi connectivity index (χ0) is 12.5. The number of hydrogen-bond acceptors (Lipinski definition) is 4. The van der Waals surface area contributed by atoms with Crippen LogP contribution < -0.4 is 11.5 Å². The lowest BCUT2D eigenvalue weighted by Gasteiger charge is -2.17. The lowest BCUT2D eigenvalue weighted by molar-refractivity contribution is -0.132. The summed E-state index contributed by atoms with van der Waals surface area (Å²) >= 11 is 0. The number of amides is 1. The molecule has 16 heavy (non-hydrogen) atoms. The van der Waals surface area contributed by atoms with Crippen molar-refractivity contribution in [3.8, 4) is 0 Å². The molecule has 1 aromatic rings. The van der Waals surface area contributed by atoms with Crippen molar-refractivity contribution in [3.63, 3.8) is 0 Å². The average Bonchev–Trinajstić information content (AvgIpc) is 2.22. The first-order chi connectivity index (χ1) is 7.36. The quantitative estimate of drug-likeness (QED) is 0.523. The van der Waals surface area contributed by atoms with E-state index in [2.05, 4.69) is 0 Å². The zero-order valence-electron chi connectivity index (χ0n) is 8.02. The molecule has 0 bridgehead atoms. The summed E-state index contributed by atoms with van der Waals surface area (Å²) in [6, 6.07) is 1.77. The third-order valence-corrected chi connectivity index (χ3v) is 2.05. The molecule has 1 aromatic carbocycles. The molecule has 2 atom stereocenters. The summed E-state index contributed by atoms with van der Waals surface area (Å²) in [6.07, 6.45) is -4.06. The molecule has 88 valence electrons. The third kappa shape index (κ3) is 2.10. The van der Waals surface area contributed by atoms with Gasteiger partial charge in [-0.2, -0.15) is 0 Å². The Hall–Kier alpha value is -1.73. The second kappa shape index (κ2) is 4.42. The molecule has 0 saturated carbocycles. The van der Waals surface area contributed by atoms with Crippen LogP contribution in [0.1, 0.15) is 11.7 Å². The lowest BCUT2D eigenvalue weighted by atomic mass is 10.0. The normalized spacial score (nSPS) is 14.5. The molecule has 0 spiro atoms. The number of primary amides is 1. The fourth-order valence-electron chi connectivity index (χ4n) is 1.20. The van der Waals surface area contributed by atoms with Gasteiger partial charge in [0.05, 0.1) is 0 Å². The molecule has 7 heteroatoms. The van der Waals surface area contributed by atoms with E-state index in [9.17, 15) is 18.7 Å². The summed E-state index contributed by atoms with van der Waals surface area (Å²) in [7, 11) is 0. The summed E-state index contributed by atoms with van der Waals surface area (Å²) in [4.78, 5) is 10.6. The fourth-order valence-corrected chi connectivity index (χ4v) is 1.20. The summed E-state index contributed by atoms with van der Waals surface area (Å²) in [5.74, 6) is -3.94. The van der Waals surface area contributed by atoms with E-state index in [1.807, 2.05) is 0 Å². The molecule has 1 amide bonds. The van der Waals surface area contributed by atoms with Crippen molar-refractivity contribution in [1.82, 2.24) is 0 Å². The van der Waals surface area contributed by atoms with Crippen molar-refractivity contribution >= 4 is 11.6 Å². The maximum absolute atomic E-state index is 13.3. The first kappa shape index (κ1) is 12.3. The van der Waals surface area contributed by atoms with Crippen LogP contribution in [0.4, 0.5) is 14.5 Å². The van der Waals surface area contributed by atoms with E-state index < -0.39 is 35.3 Å². The van der Waals surface area contributed by atoms with Crippen LogP contribution in [-0.4, -0.2) is 22.2 Å². The van der Waals surface area contributed by atoms with E-state index in [0.29, 0.717) is 0 Å². The molecule has 0 aliphatic heterocycles. The number of nitrogen functional groups attached to an aromatic ring is 1. The number of hydrogen-bond donors (Lipinski definition) is 4. The van der Waals surface area contributed by atoms with Crippen molar-refractivity contribution < 1.29 is 23.8 Å². The molecule has 0 aliphatic rings. The minimum atomic E-state index is -2.06. The molecule has 0 aliphatic carbocycles. The summed E-state index contributed by atoms with van der Waals surface area (Å²) in [6.45, 7) is 0. The number of halogens is 2. The van der Waals surface area contributed by atoms with Crippen molar-refractivity contribution in [1.29, 1.82) is 0 Å². The highest BCUT2D eigenvalue weighted by atomic mass is 19.2. The van der Waals surface area contributed by atoms with Gasteiger partial charge in [-0.1, -0.05) is 0 Å². The zero-order valence-corrected chi connectivity index (χ0v) is 8.02. The number of rotatable bonds is 3. The molecule has 0 aromatic heterocycles. The van der Waals surface area contributed by atoms with Gasteiger partial charge in [-0.05, 0) is 12.1 Å². The number of aliphatic hydroxyl groups is 2. The number of anilines is 1. The molecule has 0 saturated heterocycles. The minimum absolute atomic E-state index is 0.285. The maximum Gasteiger partial charge on any atom is 0.249 e. The van der Waals surface area contributed by atoms with Gasteiger partial charge in [0.15, 0.2) is 17.7 Å². The lowest BCUT2D eigenvalue weighted by Crippen LogP contribution is -2.34. The molecular formula is C9H10F2N2O3. The second-order valence-corrected chi connectivity index (χ2v) is 3.16. The van der Waals surface area contributed by atoms with Gasteiger partial charge < -0.3 is 21.7 Å². The Balaban J connectivity index is 3.22. The fraction of sp³-hybridized carbons (Fsp3) is 0.222. The van der Waals surface area contributed by atoms with Gasteiger partial charge in [0.2, 0.25) is 5.91 Å². The van der Waals surface area contributed by atoms with E-state index in [4.69, 9.17) is 16.6 Å². The van der Waals surface area contributed by atoms with Crippen molar-refractivity contribution in [3.05, 3.63) is 29.3 Å². The third-order valence-electron chi connectivity index (χ3n) is 2.05. The average molecular weight is 232 g/mol. The Bertz CT molecular complexity index is 425. The number of benzene rings is 1. The highest BCUT2D eigenvalue weighted by Crippen LogP contribution is 2.27. The van der Waals surface area contributed by atoms with Crippen LogP contribution in [0.3, 0.4) is 0 Å². The smallest absolute Gasteiger partial charge is 0.249 e. The van der Waals surface area contributed by atoms with Crippen LogP contribution in [-0.2, 0) is 4.79 Å². The molecule has 0 heterocycles. The van der Waals surface area contributed by atoms with Crippen LogP contribution in [0.2, 0.25) is 0 Å². The summed E-state index contributed by atoms with van der Waals surface area (Å²) < 4.78 is 26.1. The molecule has 6 N–H and O–H groups in total. The highest BCUT2D eigenvalue weighted by molar-refractivity contribution is 5.79. The standard InChI is InChI=1S/C9H10F2N2O3/c10-3-1-2-4(12)5(6(3)11)7(14)8(15)9(13)16/h1-2,7-8,14-15H,12H2,(H2,13,16). The van der Waals surface area contributed by atoms with Crippen molar-refractivity contribution in [2.45, 2.75) is 12.2 Å². The molecule has 2 unspecified atom stereocenters. The minimum Gasteiger partial charge on any atom is -0.398 e. The number of carbonyl (C=O) groups excluding carboxylic acids is 1. The Labute approximate surface area is 89.3 Å². The van der Waals surface area contributed by atoms with Crippen LogP contribution in [0.15, 0.2) is 12.1 Å². The van der Waals surface area contributed by atoms with E-state index in [-0.39, 0.29) is 5.69 Å². The van der Waals surface area contributed by atoms with Gasteiger partial charge in [-0.3, -0.25) is 4.79 Å². The van der Waals surface area contributed by atoms with Crippen molar-refractivity contribution in [2.75, 3.05) is 5.73 Å². The van der Waals surface area contributed by atoms with Crippen LogP contribution in [0.5, 0.6) is 0 Å². The SMILES string of the molecule is NC(=O)C(O)C(O)c1c(N)ccc(F)c1F. The molecule has 0 radical (unpaired) electrons. The Kier molecular flexibility index (Phi) is 3.41. The molecular weight excluding hydrogens is 222 g/mol. The first-order valence-corrected chi connectivity index (χ1v) is 4.25. The molecule has 1 rings (SSSR count).